The molecule has 0 radical (unpaired) electrons. The average molecular weight is 271 g/mol. The van der Waals surface area contributed by atoms with Crippen LogP contribution >= 0.6 is 11.8 Å². The van der Waals surface area contributed by atoms with Crippen LogP contribution in [0, 0.1) is 6.92 Å². The number of nitrogens with zero attached hydrogens (tertiary/aromatic N) is 4. The van der Waals surface area contributed by atoms with E-state index < -0.39 is 0 Å². The molecule has 0 aliphatic rings. The first-order valence-corrected chi connectivity index (χ1v) is 6.85. The van der Waals surface area contributed by atoms with E-state index in [0.29, 0.717) is 5.82 Å². The minimum absolute atomic E-state index is 0.465. The van der Waals surface area contributed by atoms with Gasteiger partial charge in [-0.25, -0.2) is 15.0 Å². The number of aromatic nitrogens is 4. The molecule has 0 atom stereocenters. The highest BCUT2D eigenvalue weighted by atomic mass is 32.2. The van der Waals surface area contributed by atoms with E-state index in [0.717, 1.165) is 27.7 Å². The Balaban J connectivity index is 1.83. The minimum atomic E-state index is 0.465. The van der Waals surface area contributed by atoms with E-state index in [-0.39, 0.29) is 0 Å². The highest BCUT2D eigenvalue weighted by Gasteiger charge is 2.06. The summed E-state index contributed by atoms with van der Waals surface area (Å²) in [7, 11) is 0. The number of anilines is 1. The van der Waals surface area contributed by atoms with E-state index in [2.05, 4.69) is 27.9 Å². The topological polar surface area (TPSA) is 69.1 Å². The lowest BCUT2D eigenvalue weighted by Gasteiger charge is -2.00. The third kappa shape index (κ3) is 2.39. The van der Waals surface area contributed by atoms with Gasteiger partial charge in [-0.2, -0.15) is 0 Å². The summed E-state index contributed by atoms with van der Waals surface area (Å²) in [4.78, 5) is 12.8. The number of nitrogens with two attached hydrogens (primary N) is 1. The van der Waals surface area contributed by atoms with Gasteiger partial charge in [-0.05, 0) is 18.6 Å². The van der Waals surface area contributed by atoms with Crippen molar-refractivity contribution in [2.75, 3.05) is 5.73 Å². The first-order chi connectivity index (χ1) is 9.24. The van der Waals surface area contributed by atoms with E-state index in [9.17, 15) is 0 Å². The molecule has 3 aromatic rings. The SMILES string of the molecule is Cc1cccn2cc(CSc3nccnc3N)nc12. The number of hydrogen-bond donors (Lipinski definition) is 1. The van der Waals surface area contributed by atoms with E-state index >= 15 is 0 Å². The predicted molar refractivity (Wildman–Crippen MR) is 75.9 cm³/mol. The quantitative estimate of drug-likeness (QED) is 0.740. The fourth-order valence-electron chi connectivity index (χ4n) is 1.86. The Hall–Kier alpha value is -2.08. The zero-order valence-electron chi connectivity index (χ0n) is 10.4. The molecular formula is C13H13N5S. The largest absolute Gasteiger partial charge is 0.381 e. The van der Waals surface area contributed by atoms with Crippen LogP contribution < -0.4 is 5.73 Å². The summed E-state index contributed by atoms with van der Waals surface area (Å²) in [5.74, 6) is 1.19. The van der Waals surface area contributed by atoms with Gasteiger partial charge in [-0.15, -0.1) is 0 Å². The maximum Gasteiger partial charge on any atom is 0.156 e. The number of fused-ring (bicyclic) bond motifs is 1. The van der Waals surface area contributed by atoms with Crippen molar-refractivity contribution in [3.05, 3.63) is 48.2 Å². The molecule has 0 spiro atoms. The molecular weight excluding hydrogens is 258 g/mol. The molecule has 0 bridgehead atoms. The van der Waals surface area contributed by atoms with Crippen LogP contribution in [0.3, 0.4) is 0 Å². The lowest BCUT2D eigenvalue weighted by molar-refractivity contribution is 1.07. The third-order valence-electron chi connectivity index (χ3n) is 2.78. The monoisotopic (exact) mass is 271 g/mol. The number of nitrogen functional groups attached to an aromatic ring is 1. The number of thioether (sulfide) groups is 1. The molecule has 0 saturated carbocycles. The molecule has 3 aromatic heterocycles. The van der Waals surface area contributed by atoms with Crippen LogP contribution in [0.1, 0.15) is 11.3 Å². The van der Waals surface area contributed by atoms with Crippen LogP contribution in [0.15, 0.2) is 41.9 Å². The first-order valence-electron chi connectivity index (χ1n) is 5.86. The van der Waals surface area contributed by atoms with Gasteiger partial charge < -0.3 is 10.1 Å². The second-order valence-corrected chi connectivity index (χ2v) is 5.15. The van der Waals surface area contributed by atoms with Crippen molar-refractivity contribution in [3.63, 3.8) is 0 Å². The molecule has 0 aliphatic carbocycles. The van der Waals surface area contributed by atoms with Crippen molar-refractivity contribution in [2.24, 2.45) is 0 Å². The van der Waals surface area contributed by atoms with Crippen LogP contribution in [-0.4, -0.2) is 19.4 Å². The van der Waals surface area contributed by atoms with E-state index in [1.54, 1.807) is 24.2 Å². The molecule has 6 heteroatoms. The van der Waals surface area contributed by atoms with E-state index in [1.807, 2.05) is 22.9 Å². The maximum absolute atomic E-state index is 5.76. The molecule has 19 heavy (non-hydrogen) atoms. The number of pyridine rings is 1. The Labute approximate surface area is 114 Å². The van der Waals surface area contributed by atoms with Gasteiger partial charge in [0.25, 0.3) is 0 Å². The van der Waals surface area contributed by atoms with Crippen LogP contribution in [0.4, 0.5) is 5.82 Å². The molecule has 0 aromatic carbocycles. The van der Waals surface area contributed by atoms with Crippen molar-refractivity contribution >= 4 is 23.2 Å². The lowest BCUT2D eigenvalue weighted by Crippen LogP contribution is -1.94. The van der Waals surface area contributed by atoms with Gasteiger partial charge in [-0.1, -0.05) is 17.8 Å². The average Bonchev–Trinajstić information content (AvgIpc) is 2.82. The fourth-order valence-corrected chi connectivity index (χ4v) is 2.62. The van der Waals surface area contributed by atoms with E-state index in [4.69, 9.17) is 5.73 Å². The van der Waals surface area contributed by atoms with Crippen LogP contribution in [0.5, 0.6) is 0 Å². The highest BCUT2D eigenvalue weighted by molar-refractivity contribution is 7.98. The van der Waals surface area contributed by atoms with Gasteiger partial charge in [0.1, 0.15) is 10.7 Å². The summed E-state index contributed by atoms with van der Waals surface area (Å²) >= 11 is 1.55. The Morgan fingerprint density at radius 2 is 2.16 bits per heavy atom. The minimum Gasteiger partial charge on any atom is -0.381 e. The van der Waals surface area contributed by atoms with Crippen LogP contribution in [0.2, 0.25) is 0 Å². The molecule has 5 nitrogen and oxygen atoms in total. The van der Waals surface area contributed by atoms with Crippen molar-refractivity contribution in [2.45, 2.75) is 17.7 Å². The Kier molecular flexibility index (Phi) is 3.08. The first kappa shape index (κ1) is 12.0. The summed E-state index contributed by atoms with van der Waals surface area (Å²) < 4.78 is 2.03. The van der Waals surface area contributed by atoms with Gasteiger partial charge in [-0.3, -0.25) is 0 Å². The summed E-state index contributed by atoms with van der Waals surface area (Å²) in [6.45, 7) is 2.06. The summed E-state index contributed by atoms with van der Waals surface area (Å²) in [6, 6.07) is 4.07. The standard InChI is InChI=1S/C13H13N5S/c1-9-3-2-6-18-7-10(17-12(9)18)8-19-13-11(14)15-4-5-16-13/h2-7H,8H2,1H3,(H2,14,15). The van der Waals surface area contributed by atoms with Gasteiger partial charge in [0, 0.05) is 30.5 Å². The highest BCUT2D eigenvalue weighted by Crippen LogP contribution is 2.24. The van der Waals surface area contributed by atoms with Gasteiger partial charge in [0.15, 0.2) is 5.82 Å². The third-order valence-corrected chi connectivity index (χ3v) is 3.80. The second kappa shape index (κ2) is 4.89. The molecule has 0 unspecified atom stereocenters. The summed E-state index contributed by atoms with van der Waals surface area (Å²) in [5, 5.41) is 0.747. The van der Waals surface area contributed by atoms with Crippen molar-refractivity contribution in [3.8, 4) is 0 Å². The van der Waals surface area contributed by atoms with Crippen molar-refractivity contribution in [1.82, 2.24) is 19.4 Å². The smallest absolute Gasteiger partial charge is 0.156 e. The molecule has 2 N–H and O–H groups in total. The molecule has 0 aliphatic heterocycles. The van der Waals surface area contributed by atoms with Gasteiger partial charge in [0.05, 0.1) is 5.69 Å². The number of hydrogen-bond acceptors (Lipinski definition) is 5. The second-order valence-electron chi connectivity index (χ2n) is 4.19. The van der Waals surface area contributed by atoms with Gasteiger partial charge >= 0.3 is 0 Å². The normalized spacial score (nSPS) is 11.0. The predicted octanol–water partition coefficient (Wildman–Crippen LogP) is 2.31. The van der Waals surface area contributed by atoms with Crippen LogP contribution in [0.25, 0.3) is 5.65 Å². The zero-order chi connectivity index (χ0) is 13.2. The number of aryl methyl sites for hydroxylation is 1. The Morgan fingerprint density at radius 1 is 1.32 bits per heavy atom. The van der Waals surface area contributed by atoms with Gasteiger partial charge in [0.2, 0.25) is 0 Å². The Morgan fingerprint density at radius 3 is 2.95 bits per heavy atom. The molecule has 0 saturated heterocycles. The number of rotatable bonds is 3. The molecule has 3 heterocycles. The Bertz CT molecular complexity index is 722. The molecule has 0 fully saturated rings. The lowest BCUT2D eigenvalue weighted by atomic mass is 10.3. The van der Waals surface area contributed by atoms with E-state index in [1.165, 1.54) is 0 Å². The number of imidazole rings is 1. The fraction of sp³-hybridized carbons (Fsp3) is 0.154. The molecule has 3 rings (SSSR count). The molecule has 96 valence electrons. The van der Waals surface area contributed by atoms with Crippen LogP contribution in [-0.2, 0) is 5.75 Å². The molecule has 0 amide bonds. The summed E-state index contributed by atoms with van der Waals surface area (Å²) in [6.07, 6.45) is 7.27. The van der Waals surface area contributed by atoms with Crippen molar-refractivity contribution in [1.29, 1.82) is 0 Å². The summed E-state index contributed by atoms with van der Waals surface area (Å²) in [5.41, 5.74) is 8.92. The maximum atomic E-state index is 5.76. The van der Waals surface area contributed by atoms with Crippen molar-refractivity contribution < 1.29 is 0 Å². The zero-order valence-corrected chi connectivity index (χ0v) is 11.3.